The molecule has 1 aromatic heterocycles. The lowest BCUT2D eigenvalue weighted by atomic mass is 10.0. The zero-order valence-corrected chi connectivity index (χ0v) is 9.14. The van der Waals surface area contributed by atoms with Crippen molar-refractivity contribution < 1.29 is 9.84 Å². The lowest BCUT2D eigenvalue weighted by Gasteiger charge is -2.24. The Morgan fingerprint density at radius 3 is 2.79 bits per heavy atom. The maximum Gasteiger partial charge on any atom is 0.125 e. The van der Waals surface area contributed by atoms with Crippen LogP contribution >= 0.6 is 11.3 Å². The van der Waals surface area contributed by atoms with Gasteiger partial charge in [-0.25, -0.2) is 4.98 Å². The molecule has 1 aromatic rings. The number of ether oxygens (including phenoxy) is 1. The molecule has 1 aliphatic carbocycles. The van der Waals surface area contributed by atoms with Crippen LogP contribution in [-0.2, 0) is 16.9 Å². The van der Waals surface area contributed by atoms with E-state index >= 15 is 0 Å². The Bertz CT molecular complexity index is 305. The minimum atomic E-state index is -0.155. The van der Waals surface area contributed by atoms with Gasteiger partial charge in [-0.2, -0.15) is 0 Å². The standard InChI is InChI=1S/C10H15NO2S/c1-13-10(4-2-3-5-10)9-11-8(6-12)7-14-9/h7,12H,2-6H2,1H3. The van der Waals surface area contributed by atoms with Crippen LogP contribution in [0.15, 0.2) is 5.38 Å². The molecule has 0 spiro atoms. The highest BCUT2D eigenvalue weighted by Crippen LogP contribution is 2.42. The Labute approximate surface area is 87.7 Å². The third kappa shape index (κ3) is 1.58. The second-order valence-electron chi connectivity index (χ2n) is 3.71. The van der Waals surface area contributed by atoms with E-state index in [-0.39, 0.29) is 12.2 Å². The molecule has 1 fully saturated rings. The monoisotopic (exact) mass is 213 g/mol. The van der Waals surface area contributed by atoms with Crippen LogP contribution in [0.25, 0.3) is 0 Å². The second kappa shape index (κ2) is 3.96. The molecule has 78 valence electrons. The number of hydrogen-bond acceptors (Lipinski definition) is 4. The first-order chi connectivity index (χ1) is 6.80. The molecule has 0 radical (unpaired) electrons. The van der Waals surface area contributed by atoms with E-state index in [9.17, 15) is 0 Å². The van der Waals surface area contributed by atoms with Gasteiger partial charge in [-0.05, 0) is 12.8 Å². The van der Waals surface area contributed by atoms with Gasteiger partial charge in [0, 0.05) is 12.5 Å². The maximum absolute atomic E-state index is 8.95. The molecule has 2 rings (SSSR count). The van der Waals surface area contributed by atoms with Crippen molar-refractivity contribution in [1.82, 2.24) is 4.98 Å². The molecule has 0 bridgehead atoms. The van der Waals surface area contributed by atoms with Gasteiger partial charge in [0.15, 0.2) is 0 Å². The predicted molar refractivity (Wildman–Crippen MR) is 55.2 cm³/mol. The highest BCUT2D eigenvalue weighted by Gasteiger charge is 2.38. The minimum absolute atomic E-state index is 0.0241. The SMILES string of the molecule is COC1(c2nc(CO)cs2)CCCC1. The van der Waals surface area contributed by atoms with E-state index in [1.807, 2.05) is 5.38 Å². The van der Waals surface area contributed by atoms with Crippen LogP contribution in [-0.4, -0.2) is 17.2 Å². The number of thiazole rings is 1. The zero-order valence-electron chi connectivity index (χ0n) is 8.32. The lowest BCUT2D eigenvalue weighted by Crippen LogP contribution is -2.24. The normalized spacial score (nSPS) is 20.1. The number of aliphatic hydroxyl groups excluding tert-OH is 1. The minimum Gasteiger partial charge on any atom is -0.390 e. The number of hydrogen-bond donors (Lipinski definition) is 1. The summed E-state index contributed by atoms with van der Waals surface area (Å²) in [5, 5.41) is 11.9. The molecule has 0 amide bonds. The highest BCUT2D eigenvalue weighted by molar-refractivity contribution is 7.09. The average Bonchev–Trinajstić information content (AvgIpc) is 2.87. The molecule has 1 N–H and O–H groups in total. The maximum atomic E-state index is 8.95. The smallest absolute Gasteiger partial charge is 0.125 e. The van der Waals surface area contributed by atoms with Crippen molar-refractivity contribution >= 4 is 11.3 Å². The molecule has 14 heavy (non-hydrogen) atoms. The second-order valence-corrected chi connectivity index (χ2v) is 4.57. The van der Waals surface area contributed by atoms with Crippen molar-refractivity contribution in [2.45, 2.75) is 37.9 Å². The van der Waals surface area contributed by atoms with Crippen molar-refractivity contribution in [3.63, 3.8) is 0 Å². The third-order valence-electron chi connectivity index (χ3n) is 2.91. The Balaban J connectivity index is 2.26. The van der Waals surface area contributed by atoms with E-state index in [0.717, 1.165) is 23.5 Å². The van der Waals surface area contributed by atoms with Gasteiger partial charge in [0.2, 0.25) is 0 Å². The molecular formula is C10H15NO2S. The number of rotatable bonds is 3. The number of methoxy groups -OCH3 is 1. The molecule has 0 saturated heterocycles. The fourth-order valence-electron chi connectivity index (χ4n) is 2.04. The summed E-state index contributed by atoms with van der Waals surface area (Å²) >= 11 is 1.60. The van der Waals surface area contributed by atoms with Crippen LogP contribution < -0.4 is 0 Å². The van der Waals surface area contributed by atoms with Gasteiger partial charge >= 0.3 is 0 Å². The summed E-state index contributed by atoms with van der Waals surface area (Å²) in [4.78, 5) is 4.40. The highest BCUT2D eigenvalue weighted by atomic mass is 32.1. The van der Waals surface area contributed by atoms with Crippen LogP contribution in [0.3, 0.4) is 0 Å². The first kappa shape index (κ1) is 10.1. The molecule has 0 aromatic carbocycles. The molecule has 0 aliphatic heterocycles. The van der Waals surface area contributed by atoms with Crippen LogP contribution in [0.5, 0.6) is 0 Å². The lowest BCUT2D eigenvalue weighted by molar-refractivity contribution is -0.00906. The molecule has 0 atom stereocenters. The first-order valence-electron chi connectivity index (χ1n) is 4.91. The summed E-state index contributed by atoms with van der Waals surface area (Å²) in [6.07, 6.45) is 4.54. The number of aromatic nitrogens is 1. The quantitative estimate of drug-likeness (QED) is 0.835. The van der Waals surface area contributed by atoms with Crippen molar-refractivity contribution in [2.75, 3.05) is 7.11 Å². The van der Waals surface area contributed by atoms with Gasteiger partial charge in [-0.15, -0.1) is 11.3 Å². The summed E-state index contributed by atoms with van der Waals surface area (Å²) in [5.74, 6) is 0. The number of aliphatic hydroxyl groups is 1. The fraction of sp³-hybridized carbons (Fsp3) is 0.700. The summed E-state index contributed by atoms with van der Waals surface area (Å²) < 4.78 is 5.61. The predicted octanol–water partition coefficient (Wildman–Crippen LogP) is 2.05. The molecule has 1 aliphatic rings. The molecule has 4 heteroatoms. The van der Waals surface area contributed by atoms with Crippen LogP contribution in [0.4, 0.5) is 0 Å². The third-order valence-corrected chi connectivity index (χ3v) is 3.98. The van der Waals surface area contributed by atoms with Crippen molar-refractivity contribution in [1.29, 1.82) is 0 Å². The van der Waals surface area contributed by atoms with Gasteiger partial charge < -0.3 is 9.84 Å². The summed E-state index contributed by atoms with van der Waals surface area (Å²) in [6, 6.07) is 0. The van der Waals surface area contributed by atoms with Gasteiger partial charge in [0.25, 0.3) is 0 Å². The van der Waals surface area contributed by atoms with Gasteiger partial charge in [-0.3, -0.25) is 0 Å². The summed E-state index contributed by atoms with van der Waals surface area (Å²) in [5.41, 5.74) is 0.603. The van der Waals surface area contributed by atoms with E-state index in [1.54, 1.807) is 18.4 Å². The molecule has 3 nitrogen and oxygen atoms in total. The summed E-state index contributed by atoms with van der Waals surface area (Å²) in [6.45, 7) is 0.0241. The molecule has 1 heterocycles. The largest absolute Gasteiger partial charge is 0.390 e. The van der Waals surface area contributed by atoms with Gasteiger partial charge in [0.1, 0.15) is 10.6 Å². The molecular weight excluding hydrogens is 198 g/mol. The Hall–Kier alpha value is -0.450. The summed E-state index contributed by atoms with van der Waals surface area (Å²) in [7, 11) is 1.76. The molecule has 0 unspecified atom stereocenters. The number of nitrogens with zero attached hydrogens (tertiary/aromatic N) is 1. The topological polar surface area (TPSA) is 42.4 Å². The Morgan fingerprint density at radius 1 is 1.57 bits per heavy atom. The first-order valence-corrected chi connectivity index (χ1v) is 5.79. The van der Waals surface area contributed by atoms with E-state index in [1.165, 1.54) is 12.8 Å². The molecule has 1 saturated carbocycles. The van der Waals surface area contributed by atoms with E-state index < -0.39 is 0 Å². The van der Waals surface area contributed by atoms with Crippen LogP contribution in [0.2, 0.25) is 0 Å². The van der Waals surface area contributed by atoms with E-state index in [2.05, 4.69) is 4.98 Å². The van der Waals surface area contributed by atoms with Crippen LogP contribution in [0.1, 0.15) is 36.4 Å². The average molecular weight is 213 g/mol. The Kier molecular flexibility index (Phi) is 2.85. The van der Waals surface area contributed by atoms with Crippen LogP contribution in [0, 0.1) is 0 Å². The van der Waals surface area contributed by atoms with Crippen molar-refractivity contribution in [3.8, 4) is 0 Å². The van der Waals surface area contributed by atoms with Gasteiger partial charge in [-0.1, -0.05) is 12.8 Å². The van der Waals surface area contributed by atoms with Crippen molar-refractivity contribution in [2.24, 2.45) is 0 Å². The van der Waals surface area contributed by atoms with Gasteiger partial charge in [0.05, 0.1) is 12.3 Å². The fourth-order valence-corrected chi connectivity index (χ4v) is 3.09. The van der Waals surface area contributed by atoms with E-state index in [4.69, 9.17) is 9.84 Å². The van der Waals surface area contributed by atoms with Crippen molar-refractivity contribution in [3.05, 3.63) is 16.1 Å². The Morgan fingerprint density at radius 2 is 2.29 bits per heavy atom. The van der Waals surface area contributed by atoms with E-state index in [0.29, 0.717) is 0 Å². The zero-order chi connectivity index (χ0) is 10.0.